The lowest BCUT2D eigenvalue weighted by atomic mass is 9.94. The fraction of sp³-hybridized carbons (Fsp3) is 0.412. The molecule has 24 heavy (non-hydrogen) atoms. The zero-order chi connectivity index (χ0) is 17.3. The number of amides is 1. The molecule has 1 aromatic carbocycles. The van der Waals surface area contributed by atoms with Crippen molar-refractivity contribution in [2.45, 2.75) is 45.1 Å². The van der Waals surface area contributed by atoms with Crippen LogP contribution in [0.4, 0.5) is 10.5 Å². The van der Waals surface area contributed by atoms with E-state index in [-0.39, 0.29) is 16.8 Å². The highest BCUT2D eigenvalue weighted by molar-refractivity contribution is 7.11. The van der Waals surface area contributed by atoms with Crippen LogP contribution >= 0.6 is 22.9 Å². The number of rotatable bonds is 2. The summed E-state index contributed by atoms with van der Waals surface area (Å²) >= 11 is 6.64. The van der Waals surface area contributed by atoms with E-state index in [2.05, 4.69) is 0 Å². The Bertz CT molecular complexity index is 791. The predicted molar refractivity (Wildman–Crippen MR) is 96.6 cm³/mol. The first-order valence-corrected chi connectivity index (χ1v) is 9.19. The van der Waals surface area contributed by atoms with Crippen LogP contribution in [0.15, 0.2) is 29.1 Å². The van der Waals surface area contributed by atoms with Crippen molar-refractivity contribution in [2.75, 3.05) is 4.90 Å². The van der Waals surface area contributed by atoms with Crippen LogP contribution in [0.25, 0.3) is 0 Å². The number of hydrogen-bond donors (Lipinski definition) is 1. The molecule has 0 spiro atoms. The van der Waals surface area contributed by atoms with Gasteiger partial charge in [-0.2, -0.15) is 0 Å². The minimum Gasteiger partial charge on any atom is -0.498 e. The van der Waals surface area contributed by atoms with Crippen LogP contribution < -0.4 is 9.77 Å². The van der Waals surface area contributed by atoms with Gasteiger partial charge in [-0.3, -0.25) is 9.69 Å². The topological polar surface area (TPSA) is 62.5 Å². The lowest BCUT2D eigenvalue weighted by Gasteiger charge is -2.34. The number of halogens is 1. The molecule has 2 aromatic rings. The van der Waals surface area contributed by atoms with Gasteiger partial charge in [0.15, 0.2) is 5.06 Å². The van der Waals surface area contributed by atoms with Gasteiger partial charge >= 0.3 is 10.9 Å². The lowest BCUT2D eigenvalue weighted by Crippen LogP contribution is -2.46. The normalized spacial score (nSPS) is 15.4. The summed E-state index contributed by atoms with van der Waals surface area (Å²) in [4.78, 5) is 26.5. The van der Waals surface area contributed by atoms with Crippen molar-refractivity contribution in [3.05, 3.63) is 44.6 Å². The van der Waals surface area contributed by atoms with Crippen molar-refractivity contribution in [3.8, 4) is 5.06 Å². The summed E-state index contributed by atoms with van der Waals surface area (Å²) in [5, 5.41) is 10.3. The lowest BCUT2D eigenvalue weighted by molar-refractivity contribution is 0.241. The SMILES string of the molecule is Cc1c(O)sc(=O)n1C(=O)N(c1ccc(Cl)cc1)C1CCCCC1. The molecule has 1 N–H and O–H groups in total. The highest BCUT2D eigenvalue weighted by atomic mass is 35.5. The molecule has 0 bridgehead atoms. The third-order valence-electron chi connectivity index (χ3n) is 4.45. The molecule has 1 aliphatic rings. The van der Waals surface area contributed by atoms with Crippen LogP contribution in [-0.2, 0) is 0 Å². The molecule has 0 saturated heterocycles. The van der Waals surface area contributed by atoms with E-state index in [0.29, 0.717) is 22.0 Å². The molecule has 1 saturated carbocycles. The van der Waals surface area contributed by atoms with Gasteiger partial charge in [-0.05, 0) is 55.4 Å². The predicted octanol–water partition coefficient (Wildman–Crippen LogP) is 4.38. The average molecular weight is 367 g/mol. The second kappa shape index (κ2) is 6.99. The third kappa shape index (κ3) is 3.21. The number of hydrogen-bond acceptors (Lipinski definition) is 4. The van der Waals surface area contributed by atoms with Crippen LogP contribution in [0.3, 0.4) is 0 Å². The zero-order valence-electron chi connectivity index (χ0n) is 13.4. The highest BCUT2D eigenvalue weighted by Gasteiger charge is 2.30. The Hall–Kier alpha value is -1.79. The van der Waals surface area contributed by atoms with E-state index in [1.165, 1.54) is 0 Å². The molecular formula is C17H19ClN2O3S. The van der Waals surface area contributed by atoms with E-state index in [4.69, 9.17) is 11.6 Å². The van der Waals surface area contributed by atoms with Gasteiger partial charge in [-0.15, -0.1) is 0 Å². The maximum Gasteiger partial charge on any atom is 0.336 e. The first kappa shape index (κ1) is 17.0. The molecule has 5 nitrogen and oxygen atoms in total. The number of nitrogens with zero attached hydrogens (tertiary/aromatic N) is 2. The first-order valence-electron chi connectivity index (χ1n) is 7.99. The summed E-state index contributed by atoms with van der Waals surface area (Å²) in [5.41, 5.74) is 0.998. The van der Waals surface area contributed by atoms with E-state index in [1.807, 2.05) is 0 Å². The Morgan fingerprint density at radius 3 is 2.42 bits per heavy atom. The molecule has 0 aliphatic heterocycles. The van der Waals surface area contributed by atoms with E-state index in [9.17, 15) is 14.7 Å². The van der Waals surface area contributed by atoms with Crippen LogP contribution in [0.5, 0.6) is 5.06 Å². The minimum absolute atomic E-state index is 0.0424. The molecule has 1 aliphatic carbocycles. The average Bonchev–Trinajstić information content (AvgIpc) is 2.83. The summed E-state index contributed by atoms with van der Waals surface area (Å²) in [6.07, 6.45) is 5.09. The Balaban J connectivity index is 2.04. The molecule has 3 rings (SSSR count). The Labute approximate surface area is 149 Å². The Morgan fingerprint density at radius 1 is 1.25 bits per heavy atom. The second-order valence-electron chi connectivity index (χ2n) is 6.01. The quantitative estimate of drug-likeness (QED) is 0.857. The minimum atomic E-state index is -0.468. The van der Waals surface area contributed by atoms with E-state index >= 15 is 0 Å². The summed E-state index contributed by atoms with van der Waals surface area (Å²) in [6, 6.07) is 6.69. The van der Waals surface area contributed by atoms with E-state index < -0.39 is 10.9 Å². The monoisotopic (exact) mass is 366 g/mol. The van der Waals surface area contributed by atoms with Crippen molar-refractivity contribution in [2.24, 2.45) is 0 Å². The molecule has 1 aromatic heterocycles. The number of thiazole rings is 1. The van der Waals surface area contributed by atoms with Gasteiger partial charge in [0.25, 0.3) is 0 Å². The third-order valence-corrected chi connectivity index (χ3v) is 5.55. The summed E-state index contributed by atoms with van der Waals surface area (Å²) in [5.74, 6) is 0. The smallest absolute Gasteiger partial charge is 0.336 e. The van der Waals surface area contributed by atoms with Crippen molar-refractivity contribution in [1.29, 1.82) is 0 Å². The molecule has 1 amide bonds. The maximum absolute atomic E-state index is 13.1. The van der Waals surface area contributed by atoms with Crippen molar-refractivity contribution < 1.29 is 9.90 Å². The molecular weight excluding hydrogens is 348 g/mol. The highest BCUT2D eigenvalue weighted by Crippen LogP contribution is 2.30. The largest absolute Gasteiger partial charge is 0.498 e. The molecule has 0 unspecified atom stereocenters. The number of benzene rings is 1. The van der Waals surface area contributed by atoms with Crippen molar-refractivity contribution in [3.63, 3.8) is 0 Å². The van der Waals surface area contributed by atoms with Gasteiger partial charge in [0.2, 0.25) is 0 Å². The number of aromatic nitrogens is 1. The number of carbonyl (C=O) groups is 1. The molecule has 128 valence electrons. The number of aromatic hydroxyl groups is 1. The molecule has 7 heteroatoms. The fourth-order valence-corrected chi connectivity index (χ4v) is 4.02. The van der Waals surface area contributed by atoms with Crippen LogP contribution in [0.1, 0.15) is 37.8 Å². The van der Waals surface area contributed by atoms with E-state index in [1.54, 1.807) is 36.1 Å². The number of carbonyl (C=O) groups excluding carboxylic acids is 1. The van der Waals surface area contributed by atoms with Gasteiger partial charge < -0.3 is 5.11 Å². The van der Waals surface area contributed by atoms with Gasteiger partial charge in [-0.25, -0.2) is 9.36 Å². The molecule has 1 heterocycles. The summed E-state index contributed by atoms with van der Waals surface area (Å²) in [6.45, 7) is 1.58. The Morgan fingerprint density at radius 2 is 1.88 bits per heavy atom. The van der Waals surface area contributed by atoms with Gasteiger partial charge in [-0.1, -0.05) is 30.9 Å². The summed E-state index contributed by atoms with van der Waals surface area (Å²) < 4.78 is 1.06. The van der Waals surface area contributed by atoms with Crippen molar-refractivity contribution in [1.82, 2.24) is 4.57 Å². The zero-order valence-corrected chi connectivity index (χ0v) is 14.9. The second-order valence-corrected chi connectivity index (χ2v) is 7.39. The van der Waals surface area contributed by atoms with E-state index in [0.717, 1.165) is 36.7 Å². The van der Waals surface area contributed by atoms with Gasteiger partial charge in [0, 0.05) is 16.8 Å². The fourth-order valence-electron chi connectivity index (χ4n) is 3.18. The number of anilines is 1. The van der Waals surface area contributed by atoms with Crippen LogP contribution in [0.2, 0.25) is 5.02 Å². The van der Waals surface area contributed by atoms with Crippen LogP contribution in [-0.4, -0.2) is 21.7 Å². The standard InChI is InChI=1S/C17H19ClN2O3S/c1-11-15(21)24-17(23)19(11)16(22)20(13-5-3-2-4-6-13)14-9-7-12(18)8-10-14/h7-10,13,21H,2-6H2,1H3. The molecule has 0 atom stereocenters. The Kier molecular flexibility index (Phi) is 4.96. The summed E-state index contributed by atoms with van der Waals surface area (Å²) in [7, 11) is 0. The first-order chi connectivity index (χ1) is 11.5. The maximum atomic E-state index is 13.1. The molecule has 1 fully saturated rings. The van der Waals surface area contributed by atoms with Crippen LogP contribution in [0, 0.1) is 6.92 Å². The van der Waals surface area contributed by atoms with Gasteiger partial charge in [0.1, 0.15) is 0 Å². The van der Waals surface area contributed by atoms with Crippen molar-refractivity contribution >= 4 is 34.7 Å². The molecule has 0 radical (unpaired) electrons. The van der Waals surface area contributed by atoms with Gasteiger partial charge in [0.05, 0.1) is 5.69 Å².